The predicted molar refractivity (Wildman–Crippen MR) is 187 cm³/mol. The van der Waals surface area contributed by atoms with E-state index < -0.39 is 131 Å². The van der Waals surface area contributed by atoms with Crippen molar-refractivity contribution in [3.8, 4) is 17.2 Å². The largest absolute Gasteiger partial charge is 0.547 e. The Hall–Kier alpha value is -5.45. The number of urea groups is 2. The zero-order chi connectivity index (χ0) is 40.6. The van der Waals surface area contributed by atoms with Crippen LogP contribution in [0.1, 0.15) is 37.9 Å². The van der Waals surface area contributed by atoms with Crippen LogP contribution in [0, 0.1) is 5.82 Å². The maximum absolute atomic E-state index is 14.2. The van der Waals surface area contributed by atoms with Gasteiger partial charge in [-0.25, -0.2) is 36.4 Å². The monoisotopic (exact) mass is 827 g/mol. The molecule has 3 aromatic rings. The number of aromatic carboxylic acids is 1. The average molecular weight is 828 g/mol. The van der Waals surface area contributed by atoms with Crippen molar-refractivity contribution in [2.45, 2.75) is 18.4 Å². The number of aromatic hydroxyl groups is 2. The Kier molecular flexibility index (Phi) is 11.6. The highest BCUT2D eigenvalue weighted by Gasteiger charge is 2.43. The second-order valence-electron chi connectivity index (χ2n) is 11.9. The molecule has 2 atom stereocenters. The SMILES string of the molecule is O=C(NCCS(=O)(=O)N1CCN(C(=O)N[C@@H](C(=O)N[C@H]2Cc3ccc(F)c(C(=O)O)c3OB2O)c2ccc(P(=O)(O)O)cc2)C1=O)c1ccc(O)c(O)c1Cl. The molecule has 1 saturated heterocycles. The highest BCUT2D eigenvalue weighted by Crippen LogP contribution is 2.36. The first kappa shape index (κ1) is 40.7. The molecule has 25 heteroatoms. The number of fused-ring (bicyclic) bond motifs is 1. The maximum Gasteiger partial charge on any atom is 0.547 e. The number of benzene rings is 3. The number of hydrogen-bond donors (Lipinski definition) is 9. The van der Waals surface area contributed by atoms with Gasteiger partial charge in [0.1, 0.15) is 23.2 Å². The van der Waals surface area contributed by atoms with Crippen LogP contribution in [-0.2, 0) is 25.8 Å². The lowest BCUT2D eigenvalue weighted by Gasteiger charge is -2.30. The molecule has 0 spiro atoms. The van der Waals surface area contributed by atoms with E-state index in [0.29, 0.717) is 9.21 Å². The summed E-state index contributed by atoms with van der Waals surface area (Å²) in [5.41, 5.74) is -1.15. The third kappa shape index (κ3) is 8.61. The number of carbonyl (C=O) groups excluding carboxylic acids is 4. The minimum absolute atomic E-state index is 0.0907. The number of nitrogens with zero attached hydrogens (tertiary/aromatic N) is 2. The topological polar surface area (TPSA) is 310 Å². The Labute approximate surface area is 314 Å². The molecule has 2 aliphatic rings. The summed E-state index contributed by atoms with van der Waals surface area (Å²) in [7, 11) is -11.2. The third-order valence-corrected chi connectivity index (χ3v) is 11.5. The van der Waals surface area contributed by atoms with Gasteiger partial charge < -0.3 is 50.7 Å². The lowest BCUT2D eigenvalue weighted by molar-refractivity contribution is -0.123. The summed E-state index contributed by atoms with van der Waals surface area (Å²) in [6.07, 6.45) is -0.289. The van der Waals surface area contributed by atoms with Crippen LogP contribution in [0.15, 0.2) is 48.5 Å². The molecule has 3 aromatic carbocycles. The van der Waals surface area contributed by atoms with Gasteiger partial charge in [-0.15, -0.1) is 0 Å². The molecule has 0 aliphatic carbocycles. The van der Waals surface area contributed by atoms with Crippen molar-refractivity contribution >= 4 is 71.5 Å². The molecule has 5 rings (SSSR count). The number of carboxylic acid groups (broad SMARTS) is 1. The van der Waals surface area contributed by atoms with E-state index in [-0.39, 0.29) is 23.1 Å². The van der Waals surface area contributed by atoms with Crippen molar-refractivity contribution < 1.29 is 76.1 Å². The smallest absolute Gasteiger partial charge is 0.534 e. The van der Waals surface area contributed by atoms with Crippen LogP contribution in [0.5, 0.6) is 17.2 Å². The third-order valence-electron chi connectivity index (χ3n) is 8.38. The van der Waals surface area contributed by atoms with Gasteiger partial charge >= 0.3 is 32.7 Å². The van der Waals surface area contributed by atoms with Gasteiger partial charge in [-0.3, -0.25) is 14.2 Å². The van der Waals surface area contributed by atoms with Crippen LogP contribution in [0.4, 0.5) is 14.0 Å². The Bertz CT molecular complexity index is 2250. The molecule has 0 aromatic heterocycles. The van der Waals surface area contributed by atoms with Gasteiger partial charge in [-0.2, -0.15) is 0 Å². The number of carbonyl (C=O) groups is 5. The Morgan fingerprint density at radius 1 is 1.05 bits per heavy atom. The van der Waals surface area contributed by atoms with Crippen molar-refractivity contribution in [3.63, 3.8) is 0 Å². The molecule has 0 saturated carbocycles. The van der Waals surface area contributed by atoms with Crippen molar-refractivity contribution in [2.24, 2.45) is 0 Å². The number of halogens is 2. The van der Waals surface area contributed by atoms with E-state index in [0.717, 1.165) is 42.5 Å². The Balaban J connectivity index is 1.30. The molecule has 20 nitrogen and oxygen atoms in total. The van der Waals surface area contributed by atoms with E-state index in [4.69, 9.17) is 16.3 Å². The molecular weight excluding hydrogens is 799 g/mol. The number of imide groups is 1. The zero-order valence-electron chi connectivity index (χ0n) is 27.7. The van der Waals surface area contributed by atoms with Gasteiger partial charge in [0, 0.05) is 6.54 Å². The van der Waals surface area contributed by atoms with Gasteiger partial charge in [-0.1, -0.05) is 29.8 Å². The van der Waals surface area contributed by atoms with E-state index >= 15 is 0 Å². The molecule has 292 valence electrons. The van der Waals surface area contributed by atoms with E-state index in [1.54, 1.807) is 0 Å². The minimum atomic E-state index is -4.76. The molecule has 55 heavy (non-hydrogen) atoms. The number of phenolic OH excluding ortho intramolecular Hbond substituents is 2. The van der Waals surface area contributed by atoms with Gasteiger partial charge in [0.25, 0.3) is 5.91 Å². The lowest BCUT2D eigenvalue weighted by Crippen LogP contribution is -2.56. The van der Waals surface area contributed by atoms with Gasteiger partial charge in [0.2, 0.25) is 15.9 Å². The second kappa shape index (κ2) is 15.7. The quantitative estimate of drug-likeness (QED) is 0.0686. The zero-order valence-corrected chi connectivity index (χ0v) is 30.2. The number of nitrogens with one attached hydrogen (secondary N) is 3. The number of hydrogen-bond acceptors (Lipinski definition) is 12. The number of rotatable bonds is 11. The summed E-state index contributed by atoms with van der Waals surface area (Å²) >= 11 is 5.86. The highest BCUT2D eigenvalue weighted by atomic mass is 35.5. The molecule has 1 fully saturated rings. The fourth-order valence-corrected chi connectivity index (χ4v) is 7.64. The van der Waals surface area contributed by atoms with Gasteiger partial charge in [0.15, 0.2) is 11.5 Å². The summed E-state index contributed by atoms with van der Waals surface area (Å²) in [4.78, 5) is 83.9. The van der Waals surface area contributed by atoms with Crippen LogP contribution in [0.2, 0.25) is 5.02 Å². The molecule has 2 aliphatic heterocycles. The van der Waals surface area contributed by atoms with Crippen LogP contribution >= 0.6 is 19.2 Å². The van der Waals surface area contributed by atoms with E-state index in [1.165, 1.54) is 6.07 Å². The van der Waals surface area contributed by atoms with Crippen molar-refractivity contribution in [2.75, 3.05) is 25.4 Å². The summed E-state index contributed by atoms with van der Waals surface area (Å²) in [6, 6.07) is 3.77. The summed E-state index contributed by atoms with van der Waals surface area (Å²) in [6.45, 7) is -1.59. The van der Waals surface area contributed by atoms with E-state index in [2.05, 4.69) is 16.0 Å². The maximum atomic E-state index is 14.2. The fraction of sp³-hybridized carbons (Fsp3) is 0.233. The van der Waals surface area contributed by atoms with Crippen LogP contribution in [-0.4, -0.2) is 116 Å². The van der Waals surface area contributed by atoms with Crippen LogP contribution < -0.4 is 25.9 Å². The minimum Gasteiger partial charge on any atom is -0.534 e. The first-order valence-corrected chi connectivity index (χ1v) is 19.3. The molecular formula is C30H29BClFN5O15PS. The predicted octanol–water partition coefficient (Wildman–Crippen LogP) is -0.221. The molecule has 2 heterocycles. The van der Waals surface area contributed by atoms with Gasteiger partial charge in [0.05, 0.1) is 40.7 Å². The average Bonchev–Trinajstić information content (AvgIpc) is 3.51. The van der Waals surface area contributed by atoms with Crippen molar-refractivity contribution in [1.29, 1.82) is 0 Å². The molecule has 9 N–H and O–H groups in total. The highest BCUT2D eigenvalue weighted by molar-refractivity contribution is 7.89. The Morgan fingerprint density at radius 3 is 2.36 bits per heavy atom. The number of carboxylic acids is 1. The normalized spacial score (nSPS) is 16.2. The number of amides is 6. The first-order valence-electron chi connectivity index (χ1n) is 15.7. The lowest BCUT2D eigenvalue weighted by atomic mass is 9.72. The fourth-order valence-electron chi connectivity index (χ4n) is 5.58. The van der Waals surface area contributed by atoms with Crippen molar-refractivity contribution in [1.82, 2.24) is 25.2 Å². The van der Waals surface area contributed by atoms with Crippen LogP contribution in [0.25, 0.3) is 0 Å². The Morgan fingerprint density at radius 2 is 1.73 bits per heavy atom. The molecule has 0 unspecified atom stereocenters. The number of sulfonamides is 1. The summed E-state index contributed by atoms with van der Waals surface area (Å²) in [5, 5.41) is 45.2. The summed E-state index contributed by atoms with van der Waals surface area (Å²) < 4.78 is 57.6. The molecule has 6 amide bonds. The van der Waals surface area contributed by atoms with Crippen LogP contribution in [0.3, 0.4) is 0 Å². The summed E-state index contributed by atoms with van der Waals surface area (Å²) in [5.74, 6) is -8.84. The standard InChI is InChI=1S/C30H29BClFN5O15PS/c32-22-17(6-8-19(39)24(22)40)26(41)34-9-12-55(51,52)38-11-10-37(30(38)46)29(45)36-23(14-1-4-16(5-2-14)54(48,49)50)27(42)35-20-13-15-3-7-18(33)21(28(43)44)25(15)53-31(20)47/h1-8,20,23,39-40,47H,9-13H2,(H,34,41)(H,35,42)(H,36,45)(H,43,44)(H2,48,49,50)/t20-,23+/m0/s1. The van der Waals surface area contributed by atoms with E-state index in [1.807, 2.05) is 0 Å². The first-order chi connectivity index (χ1) is 25.7. The molecule has 0 bridgehead atoms. The molecule has 0 radical (unpaired) electrons. The number of phenols is 2. The van der Waals surface area contributed by atoms with Crippen molar-refractivity contribution in [3.05, 3.63) is 81.6 Å². The second-order valence-corrected chi connectivity index (χ2v) is 15.9. The van der Waals surface area contributed by atoms with E-state index in [9.17, 15) is 71.5 Å². The van der Waals surface area contributed by atoms with Gasteiger partial charge in [-0.05, 0) is 47.9 Å².